The zero-order chi connectivity index (χ0) is 21.3. The lowest BCUT2D eigenvalue weighted by Crippen LogP contribution is -2.50. The Morgan fingerprint density at radius 2 is 1.53 bits per heavy atom. The fourth-order valence-corrected chi connectivity index (χ4v) is 5.34. The summed E-state index contributed by atoms with van der Waals surface area (Å²) in [6, 6.07) is 13.4. The maximum absolute atomic E-state index is 12.8. The minimum Gasteiger partial charge on any atom is -0.335 e. The third-order valence-electron chi connectivity index (χ3n) is 4.79. The van der Waals surface area contributed by atoms with Gasteiger partial charge in [0.15, 0.2) is 5.69 Å². The van der Waals surface area contributed by atoms with Gasteiger partial charge in [0.2, 0.25) is 10.0 Å². The number of nitrogens with zero attached hydrogens (tertiary/aromatic N) is 5. The van der Waals surface area contributed by atoms with E-state index < -0.39 is 10.0 Å². The molecule has 1 aliphatic rings. The smallest absolute Gasteiger partial charge is 0.276 e. The van der Waals surface area contributed by atoms with Crippen molar-refractivity contribution in [3.8, 4) is 5.69 Å². The third-order valence-corrected chi connectivity index (χ3v) is 7.51. The van der Waals surface area contributed by atoms with Gasteiger partial charge in [0.1, 0.15) is 4.90 Å². The number of piperazine rings is 1. The van der Waals surface area contributed by atoms with Gasteiger partial charge in [-0.05, 0) is 24.3 Å². The molecule has 0 aliphatic carbocycles. The Hall–Kier alpha value is -2.46. The Morgan fingerprint density at radius 1 is 0.900 bits per heavy atom. The Morgan fingerprint density at radius 3 is 2.20 bits per heavy atom. The van der Waals surface area contributed by atoms with Crippen molar-refractivity contribution in [3.63, 3.8) is 0 Å². The van der Waals surface area contributed by atoms with E-state index in [2.05, 4.69) is 10.3 Å². The Balaban J connectivity index is 1.45. The van der Waals surface area contributed by atoms with Gasteiger partial charge >= 0.3 is 0 Å². The second-order valence-corrected chi connectivity index (χ2v) is 9.35. The van der Waals surface area contributed by atoms with Gasteiger partial charge in [0, 0.05) is 26.2 Å². The predicted molar refractivity (Wildman–Crippen MR) is 112 cm³/mol. The molecular formula is C19H17Cl2N5O3S. The molecule has 11 heteroatoms. The summed E-state index contributed by atoms with van der Waals surface area (Å²) in [5.41, 5.74) is 0.777. The fourth-order valence-electron chi connectivity index (χ4n) is 3.20. The monoisotopic (exact) mass is 465 g/mol. The summed E-state index contributed by atoms with van der Waals surface area (Å²) in [7, 11) is -3.73. The molecule has 30 heavy (non-hydrogen) atoms. The molecule has 1 fully saturated rings. The second-order valence-electron chi connectivity index (χ2n) is 6.63. The molecule has 3 aromatic rings. The van der Waals surface area contributed by atoms with Crippen molar-refractivity contribution >= 4 is 39.1 Å². The molecule has 0 bridgehead atoms. The number of aromatic nitrogens is 3. The highest BCUT2D eigenvalue weighted by molar-refractivity contribution is 7.89. The van der Waals surface area contributed by atoms with Crippen molar-refractivity contribution in [2.45, 2.75) is 4.90 Å². The van der Waals surface area contributed by atoms with E-state index in [1.165, 1.54) is 27.3 Å². The van der Waals surface area contributed by atoms with E-state index in [0.717, 1.165) is 0 Å². The van der Waals surface area contributed by atoms with E-state index in [1.807, 2.05) is 6.07 Å². The molecule has 0 radical (unpaired) electrons. The summed E-state index contributed by atoms with van der Waals surface area (Å²) in [6.45, 7) is 0.804. The number of hydrogen-bond acceptors (Lipinski definition) is 5. The van der Waals surface area contributed by atoms with Crippen molar-refractivity contribution in [2.75, 3.05) is 26.2 Å². The molecule has 0 unspecified atom stereocenters. The van der Waals surface area contributed by atoms with Gasteiger partial charge < -0.3 is 4.90 Å². The zero-order valence-corrected chi connectivity index (χ0v) is 18.0. The van der Waals surface area contributed by atoms with Gasteiger partial charge in [-0.25, -0.2) is 13.1 Å². The highest BCUT2D eigenvalue weighted by Crippen LogP contribution is 2.25. The number of carbonyl (C=O) groups excluding carboxylic acids is 1. The van der Waals surface area contributed by atoms with E-state index in [4.69, 9.17) is 23.2 Å². The summed E-state index contributed by atoms with van der Waals surface area (Å²) >= 11 is 12.2. The summed E-state index contributed by atoms with van der Waals surface area (Å²) < 4.78 is 28.5. The standard InChI is InChI=1S/C19H17Cl2N5O3S/c20-14-5-1-3-7-17(14)26-13-16(22-23-26)19(27)24-9-11-25(12-10-24)30(28,29)18-8-4-2-6-15(18)21/h1-8,13H,9-12H2. The Bertz CT molecular complexity index is 1190. The fraction of sp³-hybridized carbons (Fsp3) is 0.211. The number of para-hydroxylation sites is 1. The molecule has 1 amide bonds. The lowest BCUT2D eigenvalue weighted by molar-refractivity contribution is 0.0692. The molecule has 2 aromatic carbocycles. The van der Waals surface area contributed by atoms with Crippen LogP contribution < -0.4 is 0 Å². The molecule has 4 rings (SSSR count). The summed E-state index contributed by atoms with van der Waals surface area (Å²) in [6.07, 6.45) is 1.51. The zero-order valence-electron chi connectivity index (χ0n) is 15.6. The largest absolute Gasteiger partial charge is 0.335 e. The van der Waals surface area contributed by atoms with Gasteiger partial charge in [-0.3, -0.25) is 4.79 Å². The number of halogens is 2. The van der Waals surface area contributed by atoms with Crippen LogP contribution in [0.2, 0.25) is 10.0 Å². The van der Waals surface area contributed by atoms with E-state index in [0.29, 0.717) is 10.7 Å². The van der Waals surface area contributed by atoms with Crippen LogP contribution in [0.4, 0.5) is 0 Å². The molecule has 0 N–H and O–H groups in total. The van der Waals surface area contributed by atoms with E-state index in [-0.39, 0.29) is 47.7 Å². The van der Waals surface area contributed by atoms with Crippen LogP contribution in [0.25, 0.3) is 5.69 Å². The molecule has 8 nitrogen and oxygen atoms in total. The quantitative estimate of drug-likeness (QED) is 0.590. The first-order valence-electron chi connectivity index (χ1n) is 9.09. The maximum Gasteiger partial charge on any atom is 0.276 e. The van der Waals surface area contributed by atoms with E-state index >= 15 is 0 Å². The molecule has 1 aliphatic heterocycles. The van der Waals surface area contributed by atoms with Gasteiger partial charge in [-0.2, -0.15) is 4.31 Å². The molecule has 0 spiro atoms. The SMILES string of the molecule is O=C(c1cn(-c2ccccc2Cl)nn1)N1CCN(S(=O)(=O)c2ccccc2Cl)CC1. The summed E-state index contributed by atoms with van der Waals surface area (Å²) in [5.74, 6) is -0.317. The molecule has 1 saturated heterocycles. The number of rotatable bonds is 4. The average molecular weight is 466 g/mol. The van der Waals surface area contributed by atoms with Gasteiger partial charge in [-0.15, -0.1) is 5.10 Å². The molecule has 2 heterocycles. The lowest BCUT2D eigenvalue weighted by Gasteiger charge is -2.33. The first-order chi connectivity index (χ1) is 14.4. The Labute approximate surface area is 183 Å². The van der Waals surface area contributed by atoms with E-state index in [9.17, 15) is 13.2 Å². The first-order valence-corrected chi connectivity index (χ1v) is 11.3. The molecule has 0 atom stereocenters. The topological polar surface area (TPSA) is 88.4 Å². The van der Waals surface area contributed by atoms with Gasteiger partial charge in [0.05, 0.1) is 21.9 Å². The van der Waals surface area contributed by atoms with Crippen molar-refractivity contribution in [2.24, 2.45) is 0 Å². The first kappa shape index (κ1) is 20.8. The van der Waals surface area contributed by atoms with E-state index in [1.54, 1.807) is 35.2 Å². The van der Waals surface area contributed by atoms with Crippen LogP contribution in [0.1, 0.15) is 10.5 Å². The van der Waals surface area contributed by atoms with Crippen LogP contribution in [0.3, 0.4) is 0 Å². The number of sulfonamides is 1. The van der Waals surface area contributed by atoms with Crippen LogP contribution in [-0.4, -0.2) is 64.7 Å². The molecule has 1 aromatic heterocycles. The lowest BCUT2D eigenvalue weighted by atomic mass is 10.3. The number of benzene rings is 2. The molecular weight excluding hydrogens is 449 g/mol. The molecule has 0 saturated carbocycles. The minimum absolute atomic E-state index is 0.0640. The van der Waals surface area contributed by atoms with Crippen LogP contribution in [0, 0.1) is 0 Å². The van der Waals surface area contributed by atoms with Gasteiger partial charge in [0.25, 0.3) is 5.91 Å². The molecule has 156 valence electrons. The second kappa shape index (κ2) is 8.35. The van der Waals surface area contributed by atoms with Gasteiger partial charge in [-0.1, -0.05) is 52.7 Å². The van der Waals surface area contributed by atoms with Crippen LogP contribution in [0.5, 0.6) is 0 Å². The van der Waals surface area contributed by atoms with Crippen LogP contribution in [0.15, 0.2) is 59.6 Å². The highest BCUT2D eigenvalue weighted by Gasteiger charge is 2.32. The normalized spacial score (nSPS) is 15.3. The Kier molecular flexibility index (Phi) is 5.79. The van der Waals surface area contributed by atoms with Crippen molar-refractivity contribution < 1.29 is 13.2 Å². The predicted octanol–water partition coefficient (Wildman–Crippen LogP) is 2.72. The van der Waals surface area contributed by atoms with Crippen LogP contribution in [-0.2, 0) is 10.0 Å². The number of carbonyl (C=O) groups is 1. The number of amides is 1. The minimum atomic E-state index is -3.73. The summed E-state index contributed by atoms with van der Waals surface area (Å²) in [4.78, 5) is 14.4. The third kappa shape index (κ3) is 3.93. The highest BCUT2D eigenvalue weighted by atomic mass is 35.5. The average Bonchev–Trinajstić information content (AvgIpc) is 3.24. The summed E-state index contributed by atoms with van der Waals surface area (Å²) in [5, 5.41) is 8.59. The van der Waals surface area contributed by atoms with Crippen molar-refractivity contribution in [1.29, 1.82) is 0 Å². The number of hydrogen-bond donors (Lipinski definition) is 0. The van der Waals surface area contributed by atoms with Crippen LogP contribution >= 0.6 is 23.2 Å². The van der Waals surface area contributed by atoms with Crippen molar-refractivity contribution in [1.82, 2.24) is 24.2 Å². The maximum atomic E-state index is 12.8. The van der Waals surface area contributed by atoms with Crippen molar-refractivity contribution in [3.05, 3.63) is 70.5 Å².